The summed E-state index contributed by atoms with van der Waals surface area (Å²) in [5.74, 6) is -0.730. The van der Waals surface area contributed by atoms with Gasteiger partial charge in [-0.25, -0.2) is 9.18 Å². The van der Waals surface area contributed by atoms with Gasteiger partial charge in [-0.1, -0.05) is 6.07 Å². The predicted octanol–water partition coefficient (Wildman–Crippen LogP) is 0.884. The summed E-state index contributed by atoms with van der Waals surface area (Å²) in [7, 11) is 0. The van der Waals surface area contributed by atoms with Crippen molar-refractivity contribution >= 4 is 5.97 Å². The van der Waals surface area contributed by atoms with Gasteiger partial charge in [-0.2, -0.15) is 0 Å². The fraction of sp³-hybridized carbons (Fsp3) is 0.562. The van der Waals surface area contributed by atoms with Gasteiger partial charge in [-0.15, -0.1) is 0 Å². The Kier molecular flexibility index (Phi) is 3.60. The van der Waals surface area contributed by atoms with Crippen LogP contribution >= 0.6 is 0 Å². The molecule has 3 aliphatic heterocycles. The van der Waals surface area contributed by atoms with E-state index in [0.29, 0.717) is 42.3 Å². The molecule has 3 heterocycles. The molecule has 1 aromatic rings. The number of piperazine rings is 1. The van der Waals surface area contributed by atoms with Crippen LogP contribution in [0.25, 0.3) is 0 Å². The summed E-state index contributed by atoms with van der Waals surface area (Å²) < 4.78 is 25.7. The average Bonchev–Trinajstić information content (AvgIpc) is 2.56. The molecule has 3 aliphatic rings. The number of hydrogen-bond acceptors (Lipinski definition) is 5. The third kappa shape index (κ3) is 2.31. The van der Waals surface area contributed by atoms with Crippen molar-refractivity contribution in [3.63, 3.8) is 0 Å². The first-order valence-electron chi connectivity index (χ1n) is 7.79. The maximum atomic E-state index is 14.8. The first kappa shape index (κ1) is 14.1. The first-order chi connectivity index (χ1) is 10.7. The lowest BCUT2D eigenvalue weighted by molar-refractivity contribution is -0.0730. The Morgan fingerprint density at radius 3 is 3.18 bits per heavy atom. The molecular formula is C16H19FN2O3. The van der Waals surface area contributed by atoms with Gasteiger partial charge in [0, 0.05) is 49.8 Å². The van der Waals surface area contributed by atoms with Gasteiger partial charge in [0.25, 0.3) is 0 Å². The van der Waals surface area contributed by atoms with E-state index in [1.165, 1.54) is 0 Å². The summed E-state index contributed by atoms with van der Waals surface area (Å²) in [6.07, 6.45) is 0.168. The molecule has 2 fully saturated rings. The minimum Gasteiger partial charge on any atom is -0.462 e. The molecule has 0 aromatic heterocycles. The van der Waals surface area contributed by atoms with Crippen molar-refractivity contribution in [2.75, 3.05) is 39.4 Å². The summed E-state index contributed by atoms with van der Waals surface area (Å²) in [5.41, 5.74) is 1.38. The van der Waals surface area contributed by atoms with Crippen molar-refractivity contribution < 1.29 is 18.7 Å². The molecular weight excluding hydrogens is 287 g/mol. The number of fused-ring (bicyclic) bond motifs is 2. The van der Waals surface area contributed by atoms with Crippen molar-refractivity contribution in [1.29, 1.82) is 0 Å². The van der Waals surface area contributed by atoms with Gasteiger partial charge < -0.3 is 14.8 Å². The van der Waals surface area contributed by atoms with E-state index in [1.54, 1.807) is 12.1 Å². The summed E-state index contributed by atoms with van der Waals surface area (Å²) in [5, 5.41) is 3.35. The lowest BCUT2D eigenvalue weighted by Gasteiger charge is -2.42. The molecule has 1 aromatic carbocycles. The highest BCUT2D eigenvalue weighted by Crippen LogP contribution is 2.31. The fourth-order valence-electron chi connectivity index (χ4n) is 3.54. The second-order valence-electron chi connectivity index (χ2n) is 6.06. The first-order valence-corrected chi connectivity index (χ1v) is 7.79. The molecule has 0 spiro atoms. The third-order valence-electron chi connectivity index (χ3n) is 4.79. The van der Waals surface area contributed by atoms with Gasteiger partial charge in [-0.3, -0.25) is 4.90 Å². The van der Waals surface area contributed by atoms with Gasteiger partial charge in [0.2, 0.25) is 0 Å². The number of benzene rings is 1. The molecule has 2 atom stereocenters. The van der Waals surface area contributed by atoms with Gasteiger partial charge in [0.05, 0.1) is 24.9 Å². The number of halogens is 1. The maximum Gasteiger partial charge on any atom is 0.338 e. The van der Waals surface area contributed by atoms with Crippen LogP contribution in [0.5, 0.6) is 0 Å². The van der Waals surface area contributed by atoms with E-state index in [4.69, 9.17) is 9.47 Å². The van der Waals surface area contributed by atoms with E-state index in [0.717, 1.165) is 19.6 Å². The number of rotatable bonds is 1. The predicted molar refractivity (Wildman–Crippen MR) is 77.3 cm³/mol. The van der Waals surface area contributed by atoms with Crippen LogP contribution in [0.2, 0.25) is 0 Å². The second kappa shape index (κ2) is 5.61. The molecule has 0 aliphatic carbocycles. The van der Waals surface area contributed by atoms with Crippen molar-refractivity contribution in [2.45, 2.75) is 18.6 Å². The zero-order valence-electron chi connectivity index (χ0n) is 12.3. The maximum absolute atomic E-state index is 14.8. The molecule has 5 nitrogen and oxygen atoms in total. The van der Waals surface area contributed by atoms with E-state index >= 15 is 0 Å². The third-order valence-corrected chi connectivity index (χ3v) is 4.79. The quantitative estimate of drug-likeness (QED) is 0.781. The molecule has 118 valence electrons. The Balaban J connectivity index is 1.61. The largest absolute Gasteiger partial charge is 0.462 e. The van der Waals surface area contributed by atoms with E-state index in [2.05, 4.69) is 10.2 Å². The molecule has 2 unspecified atom stereocenters. The molecule has 0 amide bonds. The van der Waals surface area contributed by atoms with Gasteiger partial charge >= 0.3 is 5.97 Å². The average molecular weight is 306 g/mol. The Hall–Kier alpha value is -1.50. The minimum atomic E-state index is -0.432. The Bertz CT molecular complexity index is 607. The number of carbonyl (C=O) groups excluding carboxylic acids is 1. The molecule has 0 saturated carbocycles. The summed E-state index contributed by atoms with van der Waals surface area (Å²) in [6.45, 7) is 4.40. The zero-order valence-corrected chi connectivity index (χ0v) is 12.3. The fourth-order valence-corrected chi connectivity index (χ4v) is 3.54. The monoisotopic (exact) mass is 306 g/mol. The smallest absolute Gasteiger partial charge is 0.338 e. The van der Waals surface area contributed by atoms with Crippen LogP contribution < -0.4 is 5.32 Å². The van der Waals surface area contributed by atoms with Crippen LogP contribution in [0.15, 0.2) is 12.1 Å². The van der Waals surface area contributed by atoms with E-state index < -0.39 is 5.97 Å². The summed E-state index contributed by atoms with van der Waals surface area (Å²) in [6, 6.07) is 3.72. The van der Waals surface area contributed by atoms with Gasteiger partial charge in [0.1, 0.15) is 5.82 Å². The van der Waals surface area contributed by atoms with Gasteiger partial charge in [-0.05, 0) is 6.07 Å². The van der Waals surface area contributed by atoms with Crippen molar-refractivity contribution in [3.8, 4) is 0 Å². The second-order valence-corrected chi connectivity index (χ2v) is 6.06. The minimum absolute atomic E-state index is 0.248. The van der Waals surface area contributed by atoms with Gasteiger partial charge in [0.15, 0.2) is 0 Å². The normalized spacial score (nSPS) is 28.7. The Labute approximate surface area is 128 Å². The highest BCUT2D eigenvalue weighted by Gasteiger charge is 2.34. The number of nitrogens with one attached hydrogen (secondary N) is 1. The lowest BCUT2D eigenvalue weighted by atomic mass is 9.95. The molecule has 2 saturated heterocycles. The van der Waals surface area contributed by atoms with Crippen LogP contribution in [-0.4, -0.2) is 56.3 Å². The molecule has 0 bridgehead atoms. The van der Waals surface area contributed by atoms with E-state index in [9.17, 15) is 9.18 Å². The Morgan fingerprint density at radius 1 is 1.36 bits per heavy atom. The highest BCUT2D eigenvalue weighted by molar-refractivity contribution is 5.92. The number of hydrogen-bond donors (Lipinski definition) is 1. The topological polar surface area (TPSA) is 50.8 Å². The molecule has 0 radical (unpaired) electrons. The van der Waals surface area contributed by atoms with Crippen molar-refractivity contribution in [3.05, 3.63) is 34.6 Å². The number of esters is 1. The number of ether oxygens (including phenoxy) is 2. The van der Waals surface area contributed by atoms with E-state index in [1.807, 2.05) is 0 Å². The summed E-state index contributed by atoms with van der Waals surface area (Å²) in [4.78, 5) is 14.0. The van der Waals surface area contributed by atoms with Crippen molar-refractivity contribution in [2.24, 2.45) is 0 Å². The van der Waals surface area contributed by atoms with Crippen LogP contribution in [0.3, 0.4) is 0 Å². The van der Waals surface area contributed by atoms with Crippen molar-refractivity contribution in [1.82, 2.24) is 10.2 Å². The van der Waals surface area contributed by atoms with Crippen LogP contribution in [0.1, 0.15) is 27.6 Å². The lowest BCUT2D eigenvalue weighted by Crippen LogP contribution is -2.57. The Morgan fingerprint density at radius 2 is 2.27 bits per heavy atom. The highest BCUT2D eigenvalue weighted by atomic mass is 19.1. The van der Waals surface area contributed by atoms with Crippen LogP contribution in [0, 0.1) is 5.82 Å². The molecule has 22 heavy (non-hydrogen) atoms. The van der Waals surface area contributed by atoms with E-state index in [-0.39, 0.29) is 18.5 Å². The number of cyclic esters (lactones) is 1. The van der Waals surface area contributed by atoms with Crippen LogP contribution in [0.4, 0.5) is 4.39 Å². The number of morpholine rings is 1. The number of carbonyl (C=O) groups is 1. The SMILES string of the molecule is O=C1OCCc2c1ccc(C1CN3CCNCC3CO1)c2F. The number of nitrogens with zero attached hydrogens (tertiary/aromatic N) is 1. The molecule has 1 N–H and O–H groups in total. The standard InChI is InChI=1S/C16H19FN2O3/c17-15-11-3-6-21-16(20)12(11)1-2-13(15)14-8-19-5-4-18-7-10(19)9-22-14/h1-2,10,14,18H,3-9H2. The zero-order chi connectivity index (χ0) is 15.1. The summed E-state index contributed by atoms with van der Waals surface area (Å²) >= 11 is 0. The molecule has 6 heteroatoms. The molecule has 4 rings (SSSR count). The van der Waals surface area contributed by atoms with Crippen LogP contribution in [-0.2, 0) is 15.9 Å².